The maximum absolute atomic E-state index is 12.3. The Labute approximate surface area is 135 Å². The zero-order valence-electron chi connectivity index (χ0n) is 12.0. The Bertz CT molecular complexity index is 453. The zero-order chi connectivity index (χ0) is 14.4. The summed E-state index contributed by atoms with van der Waals surface area (Å²) in [6, 6.07) is 5.10. The molecule has 4 nitrogen and oxygen atoms in total. The second-order valence-electron chi connectivity index (χ2n) is 4.28. The molecule has 1 rings (SSSR count). The number of guanidine groups is 1. The van der Waals surface area contributed by atoms with Crippen molar-refractivity contribution < 1.29 is 13.5 Å². The lowest BCUT2D eigenvalue weighted by molar-refractivity contribution is -0.0504. The molecule has 114 valence electrons. The van der Waals surface area contributed by atoms with Crippen molar-refractivity contribution in [1.29, 1.82) is 0 Å². The summed E-state index contributed by atoms with van der Waals surface area (Å²) < 4.78 is 29.1. The van der Waals surface area contributed by atoms with Crippen LogP contribution in [0.15, 0.2) is 23.2 Å². The van der Waals surface area contributed by atoms with Gasteiger partial charge in [0.25, 0.3) is 0 Å². The predicted molar refractivity (Wildman–Crippen MR) is 87.1 cm³/mol. The van der Waals surface area contributed by atoms with E-state index in [0.717, 1.165) is 5.56 Å². The van der Waals surface area contributed by atoms with Crippen LogP contribution >= 0.6 is 24.0 Å². The Morgan fingerprint density at radius 1 is 1.40 bits per heavy atom. The minimum absolute atomic E-state index is 0. The van der Waals surface area contributed by atoms with Gasteiger partial charge >= 0.3 is 6.61 Å². The Hall–Kier alpha value is -1.12. The molecule has 0 saturated carbocycles. The van der Waals surface area contributed by atoms with E-state index in [-0.39, 0.29) is 29.7 Å². The maximum Gasteiger partial charge on any atom is 0.387 e. The Kier molecular flexibility index (Phi) is 8.43. The molecular formula is C13H20F2IN3O. The van der Waals surface area contributed by atoms with Gasteiger partial charge in [0, 0.05) is 33.3 Å². The largest absolute Gasteiger partial charge is 0.434 e. The van der Waals surface area contributed by atoms with Crippen LogP contribution in [0.25, 0.3) is 0 Å². The van der Waals surface area contributed by atoms with Crippen LogP contribution in [0.1, 0.15) is 11.1 Å². The van der Waals surface area contributed by atoms with Crippen LogP contribution in [0.5, 0.6) is 5.75 Å². The van der Waals surface area contributed by atoms with E-state index in [1.54, 1.807) is 19.2 Å². The number of ether oxygens (including phenoxy) is 1. The minimum Gasteiger partial charge on any atom is -0.434 e. The van der Waals surface area contributed by atoms with Gasteiger partial charge in [-0.05, 0) is 13.0 Å². The number of rotatable bonds is 4. The van der Waals surface area contributed by atoms with E-state index in [9.17, 15) is 8.78 Å². The zero-order valence-corrected chi connectivity index (χ0v) is 14.3. The summed E-state index contributed by atoms with van der Waals surface area (Å²) in [4.78, 5) is 5.87. The Balaban J connectivity index is 0.00000361. The number of hydrogen-bond donors (Lipinski definition) is 1. The molecule has 0 atom stereocenters. The first kappa shape index (κ1) is 18.9. The van der Waals surface area contributed by atoms with Crippen LogP contribution < -0.4 is 10.1 Å². The van der Waals surface area contributed by atoms with E-state index in [0.29, 0.717) is 18.1 Å². The van der Waals surface area contributed by atoms with Crippen molar-refractivity contribution in [2.45, 2.75) is 20.1 Å². The lowest BCUT2D eigenvalue weighted by Gasteiger charge is -2.18. The molecule has 1 N–H and O–H groups in total. The number of nitrogens with one attached hydrogen (secondary N) is 1. The van der Waals surface area contributed by atoms with E-state index in [4.69, 9.17) is 0 Å². The molecule has 0 fully saturated rings. The van der Waals surface area contributed by atoms with Gasteiger partial charge in [-0.15, -0.1) is 24.0 Å². The number of alkyl halides is 2. The van der Waals surface area contributed by atoms with Gasteiger partial charge in [-0.3, -0.25) is 4.99 Å². The molecule has 0 saturated heterocycles. The summed E-state index contributed by atoms with van der Waals surface area (Å²) >= 11 is 0. The van der Waals surface area contributed by atoms with Crippen LogP contribution in [0.3, 0.4) is 0 Å². The van der Waals surface area contributed by atoms with Crippen LogP contribution in [0.4, 0.5) is 8.78 Å². The quantitative estimate of drug-likeness (QED) is 0.481. The summed E-state index contributed by atoms with van der Waals surface area (Å²) in [5.41, 5.74) is 1.65. The fourth-order valence-corrected chi connectivity index (χ4v) is 1.67. The van der Waals surface area contributed by atoms with Crippen molar-refractivity contribution in [3.8, 4) is 5.75 Å². The summed E-state index contributed by atoms with van der Waals surface area (Å²) in [6.45, 7) is -0.556. The second kappa shape index (κ2) is 8.93. The predicted octanol–water partition coefficient (Wildman–Crippen LogP) is 2.85. The highest BCUT2D eigenvalue weighted by molar-refractivity contribution is 14.0. The molecule has 1 aromatic rings. The third-order valence-corrected chi connectivity index (χ3v) is 2.50. The molecule has 0 aliphatic rings. The number of hydrogen-bond acceptors (Lipinski definition) is 2. The topological polar surface area (TPSA) is 36.9 Å². The highest BCUT2D eigenvalue weighted by Gasteiger charge is 2.10. The number of aryl methyl sites for hydroxylation is 1. The molecule has 0 aromatic heterocycles. The first-order valence-corrected chi connectivity index (χ1v) is 5.86. The van der Waals surface area contributed by atoms with E-state index >= 15 is 0 Å². The molecule has 0 radical (unpaired) electrons. The maximum atomic E-state index is 12.3. The number of nitrogens with zero attached hydrogens (tertiary/aromatic N) is 2. The molecule has 0 aliphatic carbocycles. The molecule has 0 heterocycles. The van der Waals surface area contributed by atoms with Crippen LogP contribution in [0.2, 0.25) is 0 Å². The fourth-order valence-electron chi connectivity index (χ4n) is 1.67. The highest BCUT2D eigenvalue weighted by atomic mass is 127. The van der Waals surface area contributed by atoms with Gasteiger partial charge < -0.3 is 15.0 Å². The molecule has 20 heavy (non-hydrogen) atoms. The molecule has 7 heteroatoms. The first-order chi connectivity index (χ1) is 8.93. The minimum atomic E-state index is -2.82. The summed E-state index contributed by atoms with van der Waals surface area (Å²) in [7, 11) is 5.36. The normalized spacial score (nSPS) is 11.1. The molecular weight excluding hydrogens is 379 g/mol. The van der Waals surface area contributed by atoms with Crippen LogP contribution in [-0.4, -0.2) is 38.6 Å². The number of benzene rings is 1. The van der Waals surface area contributed by atoms with Crippen molar-refractivity contribution in [3.05, 3.63) is 29.3 Å². The SMILES string of the molecule is CN=C(NCc1cc(C)ccc1OC(F)F)N(C)C.I. The van der Waals surface area contributed by atoms with E-state index in [2.05, 4.69) is 15.0 Å². The molecule has 0 bridgehead atoms. The summed E-state index contributed by atoms with van der Waals surface area (Å²) in [6.07, 6.45) is 0. The van der Waals surface area contributed by atoms with Crippen molar-refractivity contribution in [3.63, 3.8) is 0 Å². The second-order valence-corrected chi connectivity index (χ2v) is 4.28. The first-order valence-electron chi connectivity index (χ1n) is 5.86. The monoisotopic (exact) mass is 399 g/mol. The van der Waals surface area contributed by atoms with Gasteiger partial charge in [0.1, 0.15) is 5.75 Å². The molecule has 0 amide bonds. The Morgan fingerprint density at radius 2 is 2.05 bits per heavy atom. The lowest BCUT2D eigenvalue weighted by Crippen LogP contribution is -2.35. The van der Waals surface area contributed by atoms with Gasteiger partial charge in [0.15, 0.2) is 5.96 Å². The van der Waals surface area contributed by atoms with Gasteiger partial charge in [-0.2, -0.15) is 8.78 Å². The van der Waals surface area contributed by atoms with Crippen molar-refractivity contribution >= 4 is 29.9 Å². The van der Waals surface area contributed by atoms with E-state index < -0.39 is 6.61 Å². The third-order valence-electron chi connectivity index (χ3n) is 2.50. The van der Waals surface area contributed by atoms with Crippen molar-refractivity contribution in [2.24, 2.45) is 4.99 Å². The summed E-state index contributed by atoms with van der Waals surface area (Å²) in [5.74, 6) is 0.854. The van der Waals surface area contributed by atoms with E-state index in [1.807, 2.05) is 32.0 Å². The Morgan fingerprint density at radius 3 is 2.55 bits per heavy atom. The van der Waals surface area contributed by atoms with Gasteiger partial charge in [-0.25, -0.2) is 0 Å². The number of aliphatic imine (C=N–C) groups is 1. The van der Waals surface area contributed by atoms with Crippen LogP contribution in [0, 0.1) is 6.92 Å². The van der Waals surface area contributed by atoms with Gasteiger partial charge in [0.05, 0.1) is 0 Å². The van der Waals surface area contributed by atoms with Gasteiger partial charge in [-0.1, -0.05) is 17.7 Å². The van der Waals surface area contributed by atoms with Crippen LogP contribution in [-0.2, 0) is 6.54 Å². The standard InChI is InChI=1S/C13H19F2N3O.HI/c1-9-5-6-11(19-12(14)15)10(7-9)8-17-13(16-2)18(3)4;/h5-7,12H,8H2,1-4H3,(H,16,17);1H. The fraction of sp³-hybridized carbons (Fsp3) is 0.462. The van der Waals surface area contributed by atoms with Gasteiger partial charge in [0.2, 0.25) is 0 Å². The van der Waals surface area contributed by atoms with E-state index in [1.165, 1.54) is 0 Å². The summed E-state index contributed by atoms with van der Waals surface area (Å²) in [5, 5.41) is 3.08. The van der Waals surface area contributed by atoms with Crippen molar-refractivity contribution in [2.75, 3.05) is 21.1 Å². The number of halogens is 3. The molecule has 0 unspecified atom stereocenters. The molecule has 0 spiro atoms. The lowest BCUT2D eigenvalue weighted by atomic mass is 10.1. The molecule has 1 aromatic carbocycles. The average Bonchev–Trinajstić information content (AvgIpc) is 2.32. The smallest absolute Gasteiger partial charge is 0.387 e. The third kappa shape index (κ3) is 5.89. The average molecular weight is 399 g/mol. The highest BCUT2D eigenvalue weighted by Crippen LogP contribution is 2.21. The van der Waals surface area contributed by atoms with Crippen molar-refractivity contribution in [1.82, 2.24) is 10.2 Å². The molecule has 0 aliphatic heterocycles.